The smallest absolute Gasteiger partial charge is 0.208 e. The molecule has 2 aromatic carbocycles. The maximum Gasteiger partial charge on any atom is 0.208 e. The largest absolute Gasteiger partial charge is 0.496 e. The lowest BCUT2D eigenvalue weighted by Crippen LogP contribution is -2.23. The molecule has 0 fully saturated rings. The Kier molecular flexibility index (Phi) is 5.38. The summed E-state index contributed by atoms with van der Waals surface area (Å²) in [6, 6.07) is 17.3. The number of nitrogens with zero attached hydrogens (tertiary/aromatic N) is 2. The van der Waals surface area contributed by atoms with E-state index in [4.69, 9.17) is 4.74 Å². The Balaban J connectivity index is 1.54. The van der Waals surface area contributed by atoms with E-state index in [0.717, 1.165) is 31.7 Å². The fraction of sp³-hybridized carbons (Fsp3) is 0.292. The highest BCUT2D eigenvalue weighted by atomic mass is 16.5. The summed E-state index contributed by atoms with van der Waals surface area (Å²) < 4.78 is 7.92. The number of benzene rings is 2. The Bertz CT molecular complexity index is 895. The first-order chi connectivity index (χ1) is 13.3. The van der Waals surface area contributed by atoms with Gasteiger partial charge in [-0.15, -0.1) is 0 Å². The molecule has 0 spiro atoms. The lowest BCUT2D eigenvalue weighted by molar-refractivity contribution is -0.440. The Labute approximate surface area is 161 Å². The van der Waals surface area contributed by atoms with E-state index in [-0.39, 0.29) is 0 Å². The van der Waals surface area contributed by atoms with Crippen LogP contribution in [0.15, 0.2) is 72.6 Å². The van der Waals surface area contributed by atoms with Crippen LogP contribution >= 0.6 is 0 Å². The summed E-state index contributed by atoms with van der Waals surface area (Å²) >= 11 is 0. The Morgan fingerprint density at radius 2 is 1.78 bits per heavy atom. The van der Waals surface area contributed by atoms with Crippen LogP contribution in [0.5, 0.6) is 0 Å². The molecule has 3 nitrogen and oxygen atoms in total. The van der Waals surface area contributed by atoms with E-state index >= 15 is 0 Å². The van der Waals surface area contributed by atoms with Crippen molar-refractivity contribution < 1.29 is 9.31 Å². The minimum Gasteiger partial charge on any atom is -0.496 e. The highest BCUT2D eigenvalue weighted by molar-refractivity contribution is 5.70. The van der Waals surface area contributed by atoms with Gasteiger partial charge in [-0.3, -0.25) is 0 Å². The van der Waals surface area contributed by atoms with Crippen molar-refractivity contribution in [2.45, 2.75) is 25.7 Å². The second-order valence-corrected chi connectivity index (χ2v) is 7.09. The molecule has 2 aliphatic rings. The fourth-order valence-corrected chi connectivity index (χ4v) is 3.95. The fourth-order valence-electron chi connectivity index (χ4n) is 3.95. The van der Waals surface area contributed by atoms with Crippen LogP contribution in [-0.2, 0) is 17.6 Å². The van der Waals surface area contributed by atoms with Gasteiger partial charge in [-0.05, 0) is 37.0 Å². The summed E-state index contributed by atoms with van der Waals surface area (Å²) in [5, 5.41) is 0. The average molecular weight is 359 g/mol. The molecule has 27 heavy (non-hydrogen) atoms. The highest BCUT2D eigenvalue weighted by Gasteiger charge is 2.19. The molecule has 0 radical (unpaired) electrons. The van der Waals surface area contributed by atoms with Crippen molar-refractivity contribution in [2.75, 3.05) is 25.1 Å². The van der Waals surface area contributed by atoms with Crippen LogP contribution in [-0.4, -0.2) is 31.0 Å². The minimum atomic E-state index is 0.862. The number of aryl methyl sites for hydroxylation is 2. The Hall–Kier alpha value is -2.81. The molecular formula is C24H27N2O+. The van der Waals surface area contributed by atoms with Crippen LogP contribution in [0.1, 0.15) is 24.0 Å². The molecule has 2 heterocycles. The Morgan fingerprint density at radius 1 is 1.00 bits per heavy atom. The van der Waals surface area contributed by atoms with Crippen molar-refractivity contribution in [3.63, 3.8) is 0 Å². The SMILES string of the molecule is COC(C=CN1CCCc2ccccc21)=CC=[N+]1CCCc2ccccc21. The third-order valence-electron chi connectivity index (χ3n) is 5.37. The van der Waals surface area contributed by atoms with E-state index in [2.05, 4.69) is 82.6 Å². The quantitative estimate of drug-likeness (QED) is 0.441. The highest BCUT2D eigenvalue weighted by Crippen LogP contribution is 2.27. The van der Waals surface area contributed by atoms with Gasteiger partial charge in [0, 0.05) is 42.6 Å². The number of ether oxygens (including phenoxy) is 1. The van der Waals surface area contributed by atoms with E-state index in [1.165, 1.54) is 35.3 Å². The van der Waals surface area contributed by atoms with E-state index in [0.29, 0.717) is 0 Å². The maximum absolute atomic E-state index is 5.60. The van der Waals surface area contributed by atoms with E-state index in [1.54, 1.807) is 7.11 Å². The number of allylic oxidation sites excluding steroid dienone is 2. The van der Waals surface area contributed by atoms with Crippen LogP contribution in [0.2, 0.25) is 0 Å². The van der Waals surface area contributed by atoms with Gasteiger partial charge in [-0.1, -0.05) is 36.4 Å². The predicted octanol–water partition coefficient (Wildman–Crippen LogP) is 4.84. The van der Waals surface area contributed by atoms with Crippen LogP contribution in [0, 0.1) is 0 Å². The van der Waals surface area contributed by atoms with E-state index < -0.39 is 0 Å². The first-order valence-corrected chi connectivity index (χ1v) is 9.81. The van der Waals surface area contributed by atoms with Crippen LogP contribution in [0.4, 0.5) is 11.4 Å². The molecule has 0 bridgehead atoms. The van der Waals surface area contributed by atoms with Crippen molar-refractivity contribution in [3.8, 4) is 0 Å². The molecule has 0 saturated heterocycles. The minimum absolute atomic E-state index is 0.862. The first kappa shape index (κ1) is 17.6. The summed E-state index contributed by atoms with van der Waals surface area (Å²) in [5.41, 5.74) is 5.47. The molecule has 4 rings (SSSR count). The van der Waals surface area contributed by atoms with Gasteiger partial charge in [0.15, 0.2) is 6.21 Å². The van der Waals surface area contributed by atoms with Gasteiger partial charge in [0.25, 0.3) is 0 Å². The molecule has 2 aliphatic heterocycles. The molecule has 0 aromatic heterocycles. The zero-order chi connectivity index (χ0) is 18.5. The predicted molar refractivity (Wildman–Crippen MR) is 112 cm³/mol. The lowest BCUT2D eigenvalue weighted by atomic mass is 10.0. The summed E-state index contributed by atoms with van der Waals surface area (Å²) in [6.45, 7) is 2.10. The molecule has 138 valence electrons. The number of hydrogen-bond acceptors (Lipinski definition) is 2. The van der Waals surface area contributed by atoms with Gasteiger partial charge in [0.2, 0.25) is 5.69 Å². The van der Waals surface area contributed by atoms with Gasteiger partial charge < -0.3 is 9.64 Å². The van der Waals surface area contributed by atoms with Crippen molar-refractivity contribution >= 4 is 17.6 Å². The average Bonchev–Trinajstić information content (AvgIpc) is 2.74. The third-order valence-corrected chi connectivity index (χ3v) is 5.37. The van der Waals surface area contributed by atoms with Crippen molar-refractivity contribution in [2.24, 2.45) is 0 Å². The van der Waals surface area contributed by atoms with Crippen LogP contribution in [0.25, 0.3) is 0 Å². The number of para-hydroxylation sites is 2. The molecule has 0 saturated carbocycles. The summed E-state index contributed by atoms with van der Waals surface area (Å²) in [4.78, 5) is 2.32. The van der Waals surface area contributed by atoms with Crippen LogP contribution < -0.4 is 4.90 Å². The lowest BCUT2D eigenvalue weighted by Gasteiger charge is -2.28. The zero-order valence-electron chi connectivity index (χ0n) is 16.0. The monoisotopic (exact) mass is 359 g/mol. The van der Waals surface area contributed by atoms with Crippen molar-refractivity contribution in [3.05, 3.63) is 83.8 Å². The molecule has 0 aliphatic carbocycles. The molecule has 0 atom stereocenters. The summed E-state index contributed by atoms with van der Waals surface area (Å²) in [6.07, 6.45) is 13.1. The molecule has 0 unspecified atom stereocenters. The van der Waals surface area contributed by atoms with Gasteiger partial charge in [-0.2, -0.15) is 4.58 Å². The molecule has 3 heteroatoms. The molecule has 2 aromatic rings. The van der Waals surface area contributed by atoms with Gasteiger partial charge in [0.05, 0.1) is 7.11 Å². The number of anilines is 1. The van der Waals surface area contributed by atoms with Gasteiger partial charge in [0.1, 0.15) is 12.3 Å². The summed E-state index contributed by atoms with van der Waals surface area (Å²) in [5.74, 6) is 0.862. The first-order valence-electron chi connectivity index (χ1n) is 9.81. The normalized spacial score (nSPS) is 18.5. The zero-order valence-corrected chi connectivity index (χ0v) is 16.0. The maximum atomic E-state index is 5.60. The molecule has 0 N–H and O–H groups in total. The molecular weight excluding hydrogens is 332 g/mol. The number of hydrogen-bond donors (Lipinski definition) is 0. The Morgan fingerprint density at radius 3 is 2.67 bits per heavy atom. The van der Waals surface area contributed by atoms with Crippen molar-refractivity contribution in [1.29, 1.82) is 0 Å². The summed E-state index contributed by atoms with van der Waals surface area (Å²) in [7, 11) is 1.73. The van der Waals surface area contributed by atoms with Crippen molar-refractivity contribution in [1.82, 2.24) is 0 Å². The number of rotatable bonds is 4. The second-order valence-electron chi connectivity index (χ2n) is 7.09. The number of methoxy groups -OCH3 is 1. The topological polar surface area (TPSA) is 15.5 Å². The van der Waals surface area contributed by atoms with E-state index in [1.807, 2.05) is 0 Å². The van der Waals surface area contributed by atoms with Gasteiger partial charge in [-0.25, -0.2) is 0 Å². The van der Waals surface area contributed by atoms with E-state index in [9.17, 15) is 0 Å². The molecule has 0 amide bonds. The third kappa shape index (κ3) is 3.97. The second kappa shape index (κ2) is 8.26. The van der Waals surface area contributed by atoms with Gasteiger partial charge >= 0.3 is 0 Å². The van der Waals surface area contributed by atoms with Crippen LogP contribution in [0.3, 0.4) is 0 Å². The number of fused-ring (bicyclic) bond motifs is 2. The standard InChI is InChI=1S/C24H27N2O/c1-27-22(14-18-25-16-6-10-20-8-2-4-12-23(20)25)15-19-26-17-7-11-21-9-3-5-13-24(21)26/h2-5,8-9,12-15,18-19H,6-7,10-11,16-17H2,1H3/q+1.